The number of primary amides is 1. The molecule has 3 aliphatic carbocycles. The van der Waals surface area contributed by atoms with E-state index in [1.807, 2.05) is 0 Å². The van der Waals surface area contributed by atoms with Crippen molar-refractivity contribution in [3.05, 3.63) is 41.5 Å². The number of nitrogens with zero attached hydrogens (tertiary/aromatic N) is 2. The van der Waals surface area contributed by atoms with Crippen molar-refractivity contribution in [3.8, 4) is 11.5 Å². The van der Waals surface area contributed by atoms with Gasteiger partial charge in [-0.3, -0.25) is 28.9 Å². The van der Waals surface area contributed by atoms with Crippen molar-refractivity contribution in [1.29, 1.82) is 0 Å². The number of methoxy groups -OCH3 is 1. The predicted molar refractivity (Wildman–Crippen MR) is 161 cm³/mol. The molecule has 2 aromatic carbocycles. The van der Waals surface area contributed by atoms with Crippen molar-refractivity contribution in [3.63, 3.8) is 0 Å². The highest BCUT2D eigenvalue weighted by atomic mass is 16.5. The van der Waals surface area contributed by atoms with Crippen LogP contribution in [0.5, 0.6) is 11.5 Å². The summed E-state index contributed by atoms with van der Waals surface area (Å²) in [5.74, 6) is -11.0. The van der Waals surface area contributed by atoms with Crippen LogP contribution in [0.15, 0.2) is 30.3 Å². The number of rotatable bonds is 6. The van der Waals surface area contributed by atoms with Gasteiger partial charge in [-0.25, -0.2) is 4.79 Å². The van der Waals surface area contributed by atoms with E-state index >= 15 is 0 Å². The van der Waals surface area contributed by atoms with E-state index in [1.165, 1.54) is 32.2 Å². The molecule has 2 unspecified atom stereocenters. The average Bonchev–Trinajstić information content (AvgIpc) is 2.96. The number of nitrogens with two attached hydrogens (primary N) is 1. The molecule has 0 aromatic heterocycles. The number of carbonyl (C=O) groups is 6. The summed E-state index contributed by atoms with van der Waals surface area (Å²) in [5, 5.41) is 28.3. The minimum absolute atomic E-state index is 0.0677. The highest BCUT2D eigenvalue weighted by Gasteiger charge is 2.69. The van der Waals surface area contributed by atoms with Crippen LogP contribution in [-0.2, 0) is 25.6 Å². The molecule has 0 spiro atoms. The first-order chi connectivity index (χ1) is 21.1. The van der Waals surface area contributed by atoms with Gasteiger partial charge in [0, 0.05) is 31.4 Å². The Bertz CT molecular complexity index is 1640. The Labute approximate surface area is 258 Å². The SMILES string of the molecule is COc1ccc(NC(=O)Nc2cc(N(C)C)c3c(c2O)C(=O)C2C(=O)[C@]4(O)C(=O)C(C(N)=O)C(=O)[C@@H](N(C)C)[C@@H]4C[C@@H]2C3)cc1. The van der Waals surface area contributed by atoms with E-state index in [0.29, 0.717) is 22.7 Å². The number of amides is 3. The number of nitrogens with one attached hydrogen (secondary N) is 2. The standard InChI is InChI=1S/C31H35N5O9/c1-35(2)19-12-18(34-30(43)33-14-6-8-15(45-5)9-7-14)24(37)21-16(19)10-13-11-17-23(36(3)4)26(39)22(29(32)42)28(41)31(17,44)27(40)20(13)25(21)38/h6-9,12-13,17,20,22-23,37,44H,10-11H2,1-5H3,(H2,32,42)(H2,33,34,43)/t13-,17-,20?,22?,23-,31-/m0/s1. The molecule has 6 N–H and O–H groups in total. The number of urea groups is 1. The van der Waals surface area contributed by atoms with Crippen LogP contribution in [0.4, 0.5) is 21.9 Å². The fourth-order valence-corrected chi connectivity index (χ4v) is 7.11. The maximum atomic E-state index is 14.1. The number of Topliss-reactive ketones (excluding diaryl/α,β-unsaturated/α-hetero) is 4. The van der Waals surface area contributed by atoms with Crippen molar-refractivity contribution < 1.29 is 43.7 Å². The quantitative estimate of drug-likeness (QED) is 0.223. The fourth-order valence-electron chi connectivity index (χ4n) is 7.11. The number of aromatic hydroxyl groups is 1. The van der Waals surface area contributed by atoms with Gasteiger partial charge in [-0.15, -0.1) is 0 Å². The molecule has 2 fully saturated rings. The summed E-state index contributed by atoms with van der Waals surface area (Å²) in [6.07, 6.45) is 0.0209. The molecule has 14 heteroatoms. The van der Waals surface area contributed by atoms with Crippen LogP contribution in [0.25, 0.3) is 0 Å². The van der Waals surface area contributed by atoms with Gasteiger partial charge in [-0.2, -0.15) is 0 Å². The Morgan fingerprint density at radius 1 is 1.02 bits per heavy atom. The molecule has 2 aromatic rings. The molecular weight excluding hydrogens is 586 g/mol. The second-order valence-electron chi connectivity index (χ2n) is 12.1. The Morgan fingerprint density at radius 2 is 1.67 bits per heavy atom. The smallest absolute Gasteiger partial charge is 0.323 e. The zero-order valence-electron chi connectivity index (χ0n) is 25.4. The molecule has 0 radical (unpaired) electrons. The number of anilines is 3. The first kappa shape index (κ1) is 31.6. The van der Waals surface area contributed by atoms with Gasteiger partial charge in [0.1, 0.15) is 11.5 Å². The number of fused-ring (bicyclic) bond motifs is 3. The number of ketones is 4. The minimum atomic E-state index is -2.83. The van der Waals surface area contributed by atoms with E-state index in [-0.39, 0.29) is 24.1 Å². The Balaban J connectivity index is 1.55. The second-order valence-corrected chi connectivity index (χ2v) is 12.1. The first-order valence-electron chi connectivity index (χ1n) is 14.3. The van der Waals surface area contributed by atoms with E-state index in [1.54, 1.807) is 43.3 Å². The Morgan fingerprint density at radius 3 is 2.22 bits per heavy atom. The summed E-state index contributed by atoms with van der Waals surface area (Å²) in [5.41, 5.74) is 3.52. The van der Waals surface area contributed by atoms with Crippen LogP contribution >= 0.6 is 0 Å². The number of ether oxygens (including phenoxy) is 1. The normalized spacial score (nSPS) is 27.3. The van der Waals surface area contributed by atoms with Crippen molar-refractivity contribution in [2.75, 3.05) is 50.8 Å². The van der Waals surface area contributed by atoms with Crippen LogP contribution in [0, 0.1) is 23.7 Å². The van der Waals surface area contributed by atoms with Crippen LogP contribution in [0.2, 0.25) is 0 Å². The van der Waals surface area contributed by atoms with E-state index in [9.17, 15) is 39.0 Å². The molecule has 45 heavy (non-hydrogen) atoms. The molecule has 238 valence electrons. The minimum Gasteiger partial charge on any atom is -0.505 e. The van der Waals surface area contributed by atoms with Gasteiger partial charge < -0.3 is 36.2 Å². The van der Waals surface area contributed by atoms with E-state index < -0.39 is 76.1 Å². The lowest BCUT2D eigenvalue weighted by Gasteiger charge is -2.52. The Kier molecular flexibility index (Phi) is 7.92. The van der Waals surface area contributed by atoms with Crippen molar-refractivity contribution in [1.82, 2.24) is 4.90 Å². The molecule has 14 nitrogen and oxygen atoms in total. The second kappa shape index (κ2) is 11.3. The van der Waals surface area contributed by atoms with Gasteiger partial charge in [-0.05, 0) is 68.8 Å². The van der Waals surface area contributed by atoms with Gasteiger partial charge in [-0.1, -0.05) is 0 Å². The van der Waals surface area contributed by atoms with Crippen LogP contribution in [0.1, 0.15) is 22.3 Å². The monoisotopic (exact) mass is 621 g/mol. The van der Waals surface area contributed by atoms with Crippen molar-refractivity contribution >= 4 is 52.1 Å². The number of phenols is 1. The predicted octanol–water partition coefficient (Wildman–Crippen LogP) is 0.586. The summed E-state index contributed by atoms with van der Waals surface area (Å²) >= 11 is 0. The van der Waals surface area contributed by atoms with Crippen molar-refractivity contribution in [2.45, 2.75) is 24.5 Å². The maximum absolute atomic E-state index is 14.1. The molecule has 3 amide bonds. The third-order valence-electron chi connectivity index (χ3n) is 9.12. The molecule has 3 aliphatic rings. The number of hydrogen-bond acceptors (Lipinski definition) is 11. The number of likely N-dealkylation sites (N-methyl/N-ethyl adjacent to an activating group) is 1. The third-order valence-corrected chi connectivity index (χ3v) is 9.12. The van der Waals surface area contributed by atoms with Crippen LogP contribution in [0.3, 0.4) is 0 Å². The summed E-state index contributed by atoms with van der Waals surface area (Å²) in [4.78, 5) is 83.1. The number of benzene rings is 2. The molecule has 0 bridgehead atoms. The molecule has 0 heterocycles. The number of hydrogen-bond donors (Lipinski definition) is 5. The van der Waals surface area contributed by atoms with Gasteiger partial charge in [0.25, 0.3) is 0 Å². The summed E-state index contributed by atoms with van der Waals surface area (Å²) in [6, 6.07) is 6.09. The summed E-state index contributed by atoms with van der Waals surface area (Å²) < 4.78 is 5.11. The zero-order chi connectivity index (χ0) is 33.1. The molecule has 0 aliphatic heterocycles. The Hall–Kier alpha value is -4.82. The fraction of sp³-hybridized carbons (Fsp3) is 0.419. The molecular formula is C31H35N5O9. The topological polar surface area (TPSA) is 209 Å². The number of aliphatic hydroxyl groups is 1. The van der Waals surface area contributed by atoms with Crippen LogP contribution < -0.4 is 26.0 Å². The maximum Gasteiger partial charge on any atom is 0.323 e. The summed E-state index contributed by atoms with van der Waals surface area (Å²) in [6.45, 7) is 0. The lowest BCUT2D eigenvalue weighted by atomic mass is 9.52. The molecule has 2 saturated carbocycles. The van der Waals surface area contributed by atoms with Gasteiger partial charge in [0.05, 0.1) is 30.3 Å². The summed E-state index contributed by atoms with van der Waals surface area (Å²) in [7, 11) is 7.97. The van der Waals surface area contributed by atoms with Crippen molar-refractivity contribution in [2.24, 2.45) is 29.4 Å². The molecule has 5 rings (SSSR count). The highest BCUT2D eigenvalue weighted by Crippen LogP contribution is 2.52. The van der Waals surface area contributed by atoms with E-state index in [4.69, 9.17) is 10.5 Å². The average molecular weight is 622 g/mol. The number of carbonyl (C=O) groups excluding carboxylic acids is 6. The van der Waals surface area contributed by atoms with E-state index in [0.717, 1.165) is 0 Å². The van der Waals surface area contributed by atoms with Gasteiger partial charge in [0.15, 0.2) is 34.7 Å². The first-order valence-corrected chi connectivity index (χ1v) is 14.3. The number of phenolic OH excluding ortho intramolecular Hbond substituents is 1. The van der Waals surface area contributed by atoms with E-state index in [2.05, 4.69) is 10.6 Å². The van der Waals surface area contributed by atoms with Gasteiger partial charge >= 0.3 is 6.03 Å². The lowest BCUT2D eigenvalue weighted by molar-refractivity contribution is -0.181. The third kappa shape index (κ3) is 4.90. The lowest BCUT2D eigenvalue weighted by Crippen LogP contribution is -2.74. The van der Waals surface area contributed by atoms with Gasteiger partial charge in [0.2, 0.25) is 5.91 Å². The van der Waals surface area contributed by atoms with Crippen LogP contribution in [-0.4, -0.2) is 97.1 Å². The molecule has 6 atom stereocenters. The largest absolute Gasteiger partial charge is 0.505 e. The highest BCUT2D eigenvalue weighted by molar-refractivity contribution is 6.32. The zero-order valence-corrected chi connectivity index (χ0v) is 25.4. The molecule has 0 saturated heterocycles.